The van der Waals surface area contributed by atoms with Crippen molar-refractivity contribution in [2.45, 2.75) is 18.9 Å². The summed E-state index contributed by atoms with van der Waals surface area (Å²) < 4.78 is 28.0. The number of nitrogens with one attached hydrogen (secondary N) is 3. The molecule has 9 heteroatoms. The number of amides is 3. The summed E-state index contributed by atoms with van der Waals surface area (Å²) in [4.78, 5) is 29.0. The van der Waals surface area contributed by atoms with Crippen LogP contribution < -0.4 is 16.0 Å². The molecule has 0 radical (unpaired) electrons. The number of benzene rings is 2. The molecule has 3 aromatic rings. The molecule has 1 heterocycles. The van der Waals surface area contributed by atoms with Crippen LogP contribution in [-0.4, -0.2) is 16.9 Å². The van der Waals surface area contributed by atoms with Crippen LogP contribution in [0.3, 0.4) is 0 Å². The van der Waals surface area contributed by atoms with Crippen LogP contribution in [0.5, 0.6) is 0 Å². The summed E-state index contributed by atoms with van der Waals surface area (Å²) in [5, 5.41) is 7.94. The van der Waals surface area contributed by atoms with Gasteiger partial charge in [0.1, 0.15) is 11.6 Å². The molecule has 6 nitrogen and oxygen atoms in total. The Labute approximate surface area is 181 Å². The zero-order chi connectivity index (χ0) is 22.0. The third-order valence-corrected chi connectivity index (χ3v) is 5.29. The van der Waals surface area contributed by atoms with E-state index in [4.69, 9.17) is 11.6 Å². The van der Waals surface area contributed by atoms with Gasteiger partial charge in [-0.1, -0.05) is 11.6 Å². The molecule has 3 N–H and O–H groups in total. The molecule has 31 heavy (non-hydrogen) atoms. The highest BCUT2D eigenvalue weighted by atomic mass is 35.5. The van der Waals surface area contributed by atoms with E-state index in [1.807, 2.05) is 0 Å². The topological polar surface area (TPSA) is 83.1 Å². The van der Waals surface area contributed by atoms with Crippen molar-refractivity contribution in [1.82, 2.24) is 10.3 Å². The van der Waals surface area contributed by atoms with Gasteiger partial charge in [-0.15, -0.1) is 0 Å². The van der Waals surface area contributed by atoms with Crippen LogP contribution in [0.4, 0.5) is 25.0 Å². The lowest BCUT2D eigenvalue weighted by atomic mass is 10.0. The van der Waals surface area contributed by atoms with Crippen molar-refractivity contribution in [2.75, 3.05) is 10.6 Å². The van der Waals surface area contributed by atoms with Gasteiger partial charge < -0.3 is 16.0 Å². The molecule has 3 amide bonds. The van der Waals surface area contributed by atoms with Gasteiger partial charge in [0.15, 0.2) is 0 Å². The molecule has 0 fully saturated rings. The van der Waals surface area contributed by atoms with E-state index < -0.39 is 29.6 Å². The van der Waals surface area contributed by atoms with E-state index in [1.54, 1.807) is 24.5 Å². The third kappa shape index (κ3) is 4.49. The average Bonchev–Trinajstić information content (AvgIpc) is 3.16. The lowest BCUT2D eigenvalue weighted by molar-refractivity contribution is 0.102. The van der Waals surface area contributed by atoms with Crippen LogP contribution in [0.15, 0.2) is 54.9 Å². The van der Waals surface area contributed by atoms with E-state index in [-0.39, 0.29) is 16.1 Å². The zero-order valence-corrected chi connectivity index (χ0v) is 16.8. The first-order valence-electron chi connectivity index (χ1n) is 9.47. The highest BCUT2D eigenvalue weighted by Crippen LogP contribution is 2.36. The number of urea groups is 1. The predicted molar refractivity (Wildman–Crippen MR) is 113 cm³/mol. The van der Waals surface area contributed by atoms with Gasteiger partial charge in [-0.3, -0.25) is 9.78 Å². The van der Waals surface area contributed by atoms with Gasteiger partial charge in [0.25, 0.3) is 5.91 Å². The average molecular weight is 443 g/mol. The van der Waals surface area contributed by atoms with E-state index in [1.165, 1.54) is 24.3 Å². The second-order valence-corrected chi connectivity index (χ2v) is 7.40. The number of nitrogens with zero attached hydrogens (tertiary/aromatic N) is 1. The second-order valence-electron chi connectivity index (χ2n) is 7.00. The van der Waals surface area contributed by atoms with Crippen LogP contribution in [0.1, 0.15) is 33.9 Å². The number of carbonyl (C=O) groups is 2. The van der Waals surface area contributed by atoms with Crippen molar-refractivity contribution in [3.8, 4) is 0 Å². The molecule has 1 aliphatic rings. The highest BCUT2D eigenvalue weighted by molar-refractivity contribution is 6.31. The summed E-state index contributed by atoms with van der Waals surface area (Å²) in [5.74, 6) is -1.56. The van der Waals surface area contributed by atoms with E-state index in [0.717, 1.165) is 6.07 Å². The minimum absolute atomic E-state index is 0.119. The summed E-state index contributed by atoms with van der Waals surface area (Å²) in [7, 11) is 0. The number of aromatic nitrogens is 1. The molecule has 158 valence electrons. The standard InChI is InChI=1S/C22H17ClF2N4O2/c23-16-11-13(1-4-17(16)24)27-21(30)15-2-5-18(25)20-14(15)3-6-19(20)29-22(31)28-12-7-9-26-10-8-12/h1-2,4-5,7-11,19H,3,6H2,(H,27,30)(H2,26,28,29,31)/t19-/m0/s1. The fraction of sp³-hybridized carbons (Fsp3) is 0.136. The fourth-order valence-electron chi connectivity index (χ4n) is 3.61. The minimum atomic E-state index is -0.596. The van der Waals surface area contributed by atoms with Gasteiger partial charge in [0.2, 0.25) is 0 Å². The quantitative estimate of drug-likeness (QED) is 0.527. The Hall–Kier alpha value is -3.52. The maximum Gasteiger partial charge on any atom is 0.319 e. The van der Waals surface area contributed by atoms with Crippen LogP contribution in [0.25, 0.3) is 0 Å². The molecule has 0 unspecified atom stereocenters. The van der Waals surface area contributed by atoms with E-state index in [2.05, 4.69) is 20.9 Å². The molecular weight excluding hydrogens is 426 g/mol. The normalized spacial score (nSPS) is 14.6. The Morgan fingerprint density at radius 1 is 0.968 bits per heavy atom. The first-order valence-corrected chi connectivity index (χ1v) is 9.85. The molecule has 1 aliphatic carbocycles. The molecular formula is C22H17ClF2N4O2. The van der Waals surface area contributed by atoms with Gasteiger partial charge in [0.05, 0.1) is 11.1 Å². The molecule has 0 bridgehead atoms. The van der Waals surface area contributed by atoms with Crippen molar-refractivity contribution in [2.24, 2.45) is 0 Å². The summed E-state index contributed by atoms with van der Waals surface area (Å²) in [5.41, 5.74) is 1.97. The Kier molecular flexibility index (Phi) is 5.81. The summed E-state index contributed by atoms with van der Waals surface area (Å²) >= 11 is 5.76. The number of pyridine rings is 1. The lowest BCUT2D eigenvalue weighted by Gasteiger charge is -2.16. The first kappa shape index (κ1) is 20.7. The number of anilines is 2. The maximum absolute atomic E-state index is 14.6. The molecule has 1 aromatic heterocycles. The van der Waals surface area contributed by atoms with Crippen molar-refractivity contribution >= 4 is 34.9 Å². The fourth-order valence-corrected chi connectivity index (χ4v) is 3.79. The monoisotopic (exact) mass is 442 g/mol. The predicted octanol–water partition coefficient (Wildman–Crippen LogP) is 5.07. The number of carbonyl (C=O) groups excluding carboxylic acids is 2. The molecule has 2 aromatic carbocycles. The summed E-state index contributed by atoms with van der Waals surface area (Å²) in [6.07, 6.45) is 3.95. The molecule has 0 aliphatic heterocycles. The van der Waals surface area contributed by atoms with Crippen molar-refractivity contribution in [3.63, 3.8) is 0 Å². The molecule has 0 saturated carbocycles. The van der Waals surface area contributed by atoms with Gasteiger partial charge in [0, 0.05) is 34.9 Å². The number of hydrogen-bond acceptors (Lipinski definition) is 3. The Morgan fingerprint density at radius 2 is 1.71 bits per heavy atom. The minimum Gasteiger partial charge on any atom is -0.331 e. The van der Waals surface area contributed by atoms with E-state index >= 15 is 0 Å². The van der Waals surface area contributed by atoms with Crippen LogP contribution in [0, 0.1) is 11.6 Å². The van der Waals surface area contributed by atoms with Crippen molar-refractivity contribution in [3.05, 3.63) is 88.2 Å². The number of rotatable bonds is 4. The van der Waals surface area contributed by atoms with Crippen molar-refractivity contribution < 1.29 is 18.4 Å². The van der Waals surface area contributed by atoms with Crippen molar-refractivity contribution in [1.29, 1.82) is 0 Å². The Balaban J connectivity index is 1.52. The van der Waals surface area contributed by atoms with E-state index in [0.29, 0.717) is 29.8 Å². The highest BCUT2D eigenvalue weighted by Gasteiger charge is 2.31. The summed E-state index contributed by atoms with van der Waals surface area (Å²) in [6, 6.07) is 8.63. The van der Waals surface area contributed by atoms with Crippen LogP contribution in [0.2, 0.25) is 5.02 Å². The number of hydrogen-bond donors (Lipinski definition) is 3. The lowest BCUT2D eigenvalue weighted by Crippen LogP contribution is -2.32. The number of fused-ring (bicyclic) bond motifs is 1. The van der Waals surface area contributed by atoms with Crippen LogP contribution in [-0.2, 0) is 6.42 Å². The molecule has 0 saturated heterocycles. The Bertz CT molecular complexity index is 1160. The molecule has 4 rings (SSSR count). The third-order valence-electron chi connectivity index (χ3n) is 5.00. The largest absolute Gasteiger partial charge is 0.331 e. The van der Waals surface area contributed by atoms with Crippen LogP contribution >= 0.6 is 11.6 Å². The Morgan fingerprint density at radius 3 is 2.45 bits per heavy atom. The second kappa shape index (κ2) is 8.69. The summed E-state index contributed by atoms with van der Waals surface area (Å²) in [6.45, 7) is 0. The van der Waals surface area contributed by atoms with Gasteiger partial charge in [-0.05, 0) is 60.9 Å². The maximum atomic E-state index is 14.6. The molecule has 1 atom stereocenters. The molecule has 0 spiro atoms. The SMILES string of the molecule is O=C(Nc1ccncc1)N[C@H]1CCc2c(C(=O)Nc3ccc(F)c(Cl)c3)ccc(F)c21. The number of halogens is 3. The van der Waals surface area contributed by atoms with E-state index in [9.17, 15) is 18.4 Å². The first-order chi connectivity index (χ1) is 14.9. The zero-order valence-electron chi connectivity index (χ0n) is 16.1. The van der Waals surface area contributed by atoms with Gasteiger partial charge in [-0.25, -0.2) is 13.6 Å². The smallest absolute Gasteiger partial charge is 0.319 e. The van der Waals surface area contributed by atoms with Gasteiger partial charge >= 0.3 is 6.03 Å². The van der Waals surface area contributed by atoms with Gasteiger partial charge in [-0.2, -0.15) is 0 Å².